The van der Waals surface area contributed by atoms with Gasteiger partial charge in [-0.2, -0.15) is 0 Å². The summed E-state index contributed by atoms with van der Waals surface area (Å²) in [5.41, 5.74) is 1.10. The molecule has 2 amide bonds. The van der Waals surface area contributed by atoms with Crippen LogP contribution >= 0.6 is 11.6 Å². The highest BCUT2D eigenvalue weighted by molar-refractivity contribution is 6.31. The zero-order valence-electron chi connectivity index (χ0n) is 18.6. The number of nitrogens with one attached hydrogen (secondary N) is 1. The Kier molecular flexibility index (Phi) is 6.70. The second kappa shape index (κ2) is 9.10. The third-order valence-electron chi connectivity index (χ3n) is 5.14. The Hall–Kier alpha value is -2.86. The Bertz CT molecular complexity index is 1140. The molecule has 1 N–H and O–H groups in total. The first-order chi connectivity index (χ1) is 14.6. The molecule has 0 aliphatic heterocycles. The fraction of sp³-hybridized carbons (Fsp3) is 0.375. The van der Waals surface area contributed by atoms with Crippen molar-refractivity contribution in [1.29, 1.82) is 0 Å². The molecule has 0 spiro atoms. The monoisotopic (exact) mass is 440 g/mol. The van der Waals surface area contributed by atoms with Crippen LogP contribution in [0.25, 0.3) is 10.9 Å². The summed E-state index contributed by atoms with van der Waals surface area (Å²) in [5.74, 6) is 0.511. The zero-order valence-corrected chi connectivity index (χ0v) is 19.4. The second-order valence-corrected chi connectivity index (χ2v) is 9.22. The third kappa shape index (κ3) is 5.44. The van der Waals surface area contributed by atoms with Gasteiger partial charge in [0.05, 0.1) is 16.9 Å². The fourth-order valence-corrected chi connectivity index (χ4v) is 3.70. The molecule has 7 heteroatoms. The minimum absolute atomic E-state index is 0.164. The normalized spacial score (nSPS) is 12.6. The van der Waals surface area contributed by atoms with Gasteiger partial charge >= 0.3 is 6.03 Å². The highest BCUT2D eigenvalue weighted by Crippen LogP contribution is 2.22. The van der Waals surface area contributed by atoms with E-state index in [0.29, 0.717) is 34.7 Å². The Morgan fingerprint density at radius 1 is 1.19 bits per heavy atom. The van der Waals surface area contributed by atoms with Crippen LogP contribution in [0.1, 0.15) is 45.1 Å². The van der Waals surface area contributed by atoms with Crippen LogP contribution < -0.4 is 10.9 Å². The summed E-state index contributed by atoms with van der Waals surface area (Å²) in [4.78, 5) is 32.6. The Labute approximate surface area is 187 Å². The van der Waals surface area contributed by atoms with Crippen LogP contribution in [0.2, 0.25) is 5.02 Å². The molecular weight excluding hydrogens is 412 g/mol. The molecule has 0 saturated heterocycles. The van der Waals surface area contributed by atoms with Crippen LogP contribution in [0.5, 0.6) is 0 Å². The number of benzene rings is 2. The van der Waals surface area contributed by atoms with Crippen molar-refractivity contribution in [2.75, 3.05) is 6.54 Å². The molecule has 0 radical (unpaired) electrons. The van der Waals surface area contributed by atoms with E-state index in [1.165, 1.54) is 4.57 Å². The van der Waals surface area contributed by atoms with Crippen molar-refractivity contribution in [2.24, 2.45) is 7.05 Å². The van der Waals surface area contributed by atoms with Crippen molar-refractivity contribution >= 4 is 28.5 Å². The van der Waals surface area contributed by atoms with E-state index in [2.05, 4.69) is 5.32 Å². The first-order valence-corrected chi connectivity index (χ1v) is 10.7. The van der Waals surface area contributed by atoms with Gasteiger partial charge in [-0.25, -0.2) is 9.78 Å². The highest BCUT2D eigenvalue weighted by atomic mass is 35.5. The summed E-state index contributed by atoms with van der Waals surface area (Å²) < 4.78 is 1.51. The summed E-state index contributed by atoms with van der Waals surface area (Å²) in [7, 11) is 1.69. The molecule has 2 aromatic carbocycles. The molecule has 6 nitrogen and oxygen atoms in total. The molecular formula is C24H29ClN4O2. The topological polar surface area (TPSA) is 67.2 Å². The number of urea groups is 1. The van der Waals surface area contributed by atoms with Crippen molar-refractivity contribution < 1.29 is 4.79 Å². The minimum atomic E-state index is -0.424. The number of halogens is 1. The number of hydrogen-bond donors (Lipinski definition) is 1. The Balaban J connectivity index is 2.00. The Morgan fingerprint density at radius 2 is 1.87 bits per heavy atom. The van der Waals surface area contributed by atoms with Gasteiger partial charge in [-0.05, 0) is 57.9 Å². The lowest BCUT2D eigenvalue weighted by Crippen LogP contribution is -2.50. The lowest BCUT2D eigenvalue weighted by molar-refractivity contribution is 0.167. The number of rotatable bonds is 5. The fourth-order valence-electron chi connectivity index (χ4n) is 3.53. The van der Waals surface area contributed by atoms with Gasteiger partial charge < -0.3 is 10.2 Å². The van der Waals surface area contributed by atoms with Crippen LogP contribution in [0.15, 0.2) is 53.3 Å². The number of aromatic nitrogens is 2. The van der Waals surface area contributed by atoms with Gasteiger partial charge in [0.15, 0.2) is 0 Å². The second-order valence-electron chi connectivity index (χ2n) is 8.78. The number of carbonyl (C=O) groups excluding carboxylic acids is 1. The van der Waals surface area contributed by atoms with Crippen molar-refractivity contribution in [3.8, 4) is 0 Å². The van der Waals surface area contributed by atoms with Gasteiger partial charge in [-0.3, -0.25) is 9.36 Å². The van der Waals surface area contributed by atoms with Crippen molar-refractivity contribution in [3.63, 3.8) is 0 Å². The maximum atomic E-state index is 13.2. The molecule has 3 aromatic rings. The van der Waals surface area contributed by atoms with E-state index < -0.39 is 11.6 Å². The third-order valence-corrected chi connectivity index (χ3v) is 5.38. The summed E-state index contributed by atoms with van der Waals surface area (Å²) in [6.07, 6.45) is 0.691. The summed E-state index contributed by atoms with van der Waals surface area (Å²) in [6.45, 7) is 8.20. The van der Waals surface area contributed by atoms with E-state index in [0.717, 1.165) is 5.56 Å². The van der Waals surface area contributed by atoms with Gasteiger partial charge in [0.2, 0.25) is 0 Å². The number of amides is 2. The van der Waals surface area contributed by atoms with E-state index >= 15 is 0 Å². The molecule has 0 bridgehead atoms. The summed E-state index contributed by atoms with van der Waals surface area (Å²) in [6, 6.07) is 14.4. The van der Waals surface area contributed by atoms with E-state index in [-0.39, 0.29) is 11.6 Å². The summed E-state index contributed by atoms with van der Waals surface area (Å²) >= 11 is 6.12. The molecule has 1 heterocycles. The largest absolute Gasteiger partial charge is 0.333 e. The molecule has 1 unspecified atom stereocenters. The van der Waals surface area contributed by atoms with Crippen molar-refractivity contribution in [3.05, 3.63) is 75.3 Å². The van der Waals surface area contributed by atoms with Crippen molar-refractivity contribution in [2.45, 2.75) is 45.7 Å². The highest BCUT2D eigenvalue weighted by Gasteiger charge is 2.27. The predicted octanol–water partition coefficient (Wildman–Crippen LogP) is 4.70. The lowest BCUT2D eigenvalue weighted by Gasteiger charge is -2.33. The lowest BCUT2D eigenvalue weighted by atomic mass is 10.1. The van der Waals surface area contributed by atoms with E-state index in [4.69, 9.17) is 16.6 Å². The van der Waals surface area contributed by atoms with Crippen molar-refractivity contribution in [1.82, 2.24) is 19.8 Å². The van der Waals surface area contributed by atoms with Gasteiger partial charge in [-0.1, -0.05) is 41.9 Å². The van der Waals surface area contributed by atoms with Gasteiger partial charge in [-0.15, -0.1) is 0 Å². The van der Waals surface area contributed by atoms with Crippen LogP contribution in [-0.4, -0.2) is 32.6 Å². The predicted molar refractivity (Wildman–Crippen MR) is 126 cm³/mol. The molecule has 1 aromatic heterocycles. The molecule has 31 heavy (non-hydrogen) atoms. The Morgan fingerprint density at radius 3 is 2.52 bits per heavy atom. The molecule has 1 atom stereocenters. The quantitative estimate of drug-likeness (QED) is 0.625. The first-order valence-electron chi connectivity index (χ1n) is 10.4. The average molecular weight is 441 g/mol. The van der Waals surface area contributed by atoms with Gasteiger partial charge in [0.1, 0.15) is 5.82 Å². The number of nitrogens with zero attached hydrogens (tertiary/aromatic N) is 3. The van der Waals surface area contributed by atoms with Crippen LogP contribution in [0.3, 0.4) is 0 Å². The van der Waals surface area contributed by atoms with E-state index in [1.807, 2.05) is 58.0 Å². The maximum Gasteiger partial charge on any atom is 0.318 e. The molecule has 0 aliphatic rings. The number of hydrogen-bond acceptors (Lipinski definition) is 3. The zero-order chi connectivity index (χ0) is 22.8. The van der Waals surface area contributed by atoms with Crippen LogP contribution in [0.4, 0.5) is 4.79 Å². The molecule has 164 valence electrons. The molecule has 0 saturated carbocycles. The average Bonchev–Trinajstić information content (AvgIpc) is 2.70. The van der Waals surface area contributed by atoms with E-state index in [1.54, 1.807) is 30.1 Å². The minimum Gasteiger partial charge on any atom is -0.333 e. The molecule has 0 aliphatic carbocycles. The smallest absolute Gasteiger partial charge is 0.318 e. The van der Waals surface area contributed by atoms with Gasteiger partial charge in [0, 0.05) is 24.2 Å². The number of fused-ring (bicyclic) bond motifs is 1. The number of carbonyl (C=O) groups is 1. The van der Waals surface area contributed by atoms with Gasteiger partial charge in [0.25, 0.3) is 5.56 Å². The molecule has 3 rings (SSSR count). The van der Waals surface area contributed by atoms with Crippen LogP contribution in [-0.2, 0) is 13.5 Å². The maximum absolute atomic E-state index is 13.2. The molecule has 0 fully saturated rings. The SMILES string of the molecule is CC(c1nc2cc(Cl)ccc2c(=O)n1C)N(CCc1ccccc1)C(=O)NC(C)(C)C. The first kappa shape index (κ1) is 22.8. The standard InChI is InChI=1S/C24H29ClN4O2/c1-16(21-26-20-15-18(25)11-12-19(20)22(30)28(21)5)29(23(31)27-24(2,3)4)14-13-17-9-7-6-8-10-17/h6-12,15-16H,13-14H2,1-5H3,(H,27,31). The summed E-state index contributed by atoms with van der Waals surface area (Å²) in [5, 5.41) is 4.05. The van der Waals surface area contributed by atoms with E-state index in [9.17, 15) is 9.59 Å². The van der Waals surface area contributed by atoms with Crippen LogP contribution in [0, 0.1) is 0 Å².